The number of amides is 3. The molecule has 3 amide bonds. The number of phenols is 1. The predicted octanol–water partition coefficient (Wildman–Crippen LogP) is 4.74. The molecule has 3 rings (SSSR count). The van der Waals surface area contributed by atoms with Gasteiger partial charge in [0.15, 0.2) is 0 Å². The molecule has 0 bridgehead atoms. The van der Waals surface area contributed by atoms with E-state index in [-0.39, 0.29) is 30.7 Å². The third-order valence-electron chi connectivity index (χ3n) is 6.65. The summed E-state index contributed by atoms with van der Waals surface area (Å²) in [7, 11) is 0. The van der Waals surface area contributed by atoms with Crippen molar-refractivity contribution in [1.82, 2.24) is 20.5 Å². The predicted molar refractivity (Wildman–Crippen MR) is 151 cm³/mol. The maximum absolute atomic E-state index is 13.8. The minimum atomic E-state index is -1.13. The Hall–Kier alpha value is -4.14. The third kappa shape index (κ3) is 7.25. The van der Waals surface area contributed by atoms with Crippen LogP contribution in [-0.4, -0.2) is 62.2 Å². The molecule has 3 aromatic rings. The van der Waals surface area contributed by atoms with E-state index in [1.54, 1.807) is 66.7 Å². The van der Waals surface area contributed by atoms with Gasteiger partial charge in [-0.2, -0.15) is 0 Å². The van der Waals surface area contributed by atoms with E-state index in [0.29, 0.717) is 22.3 Å². The number of carboxylic acid groups (broad SMARTS) is 1. The van der Waals surface area contributed by atoms with Crippen molar-refractivity contribution in [3.63, 3.8) is 0 Å². The minimum Gasteiger partial charge on any atom is -0.508 e. The van der Waals surface area contributed by atoms with Gasteiger partial charge in [0.25, 0.3) is 5.91 Å². The number of fused-ring (bicyclic) bond motifs is 1. The summed E-state index contributed by atoms with van der Waals surface area (Å²) in [6, 6.07) is 12.4. The minimum absolute atomic E-state index is 0.0741. The van der Waals surface area contributed by atoms with Crippen molar-refractivity contribution in [2.45, 2.75) is 65.5 Å². The van der Waals surface area contributed by atoms with Crippen molar-refractivity contribution in [3.8, 4) is 5.75 Å². The number of hydrogen-bond acceptors (Lipinski definition) is 5. The second-order valence-electron chi connectivity index (χ2n) is 11.6. The van der Waals surface area contributed by atoms with Crippen LogP contribution < -0.4 is 10.6 Å². The van der Waals surface area contributed by atoms with E-state index in [2.05, 4.69) is 15.6 Å². The Bertz CT molecular complexity index is 1370. The monoisotopic (exact) mass is 534 g/mol. The van der Waals surface area contributed by atoms with Gasteiger partial charge >= 0.3 is 6.09 Å². The zero-order chi connectivity index (χ0) is 29.1. The van der Waals surface area contributed by atoms with Crippen molar-refractivity contribution in [2.75, 3.05) is 13.1 Å². The van der Waals surface area contributed by atoms with Gasteiger partial charge < -0.3 is 25.7 Å². The van der Waals surface area contributed by atoms with Crippen LogP contribution >= 0.6 is 0 Å². The molecule has 9 nitrogen and oxygen atoms in total. The van der Waals surface area contributed by atoms with Gasteiger partial charge in [-0.05, 0) is 89.4 Å². The molecule has 1 atom stereocenters. The average molecular weight is 535 g/mol. The van der Waals surface area contributed by atoms with Crippen molar-refractivity contribution >= 4 is 28.8 Å². The number of carbonyl (C=O) groups excluding carboxylic acids is 2. The van der Waals surface area contributed by atoms with Crippen molar-refractivity contribution in [3.05, 3.63) is 70.9 Å². The molecule has 0 spiro atoms. The van der Waals surface area contributed by atoms with Crippen LogP contribution in [-0.2, 0) is 4.79 Å². The zero-order valence-corrected chi connectivity index (χ0v) is 23.6. The van der Waals surface area contributed by atoms with Crippen molar-refractivity contribution in [2.24, 2.45) is 0 Å². The summed E-state index contributed by atoms with van der Waals surface area (Å²) in [6.45, 7) is 12.5. The highest BCUT2D eigenvalue weighted by Gasteiger charge is 2.35. The first kappa shape index (κ1) is 29.4. The molecule has 4 N–H and O–H groups in total. The highest BCUT2D eigenvalue weighted by Crippen LogP contribution is 2.31. The van der Waals surface area contributed by atoms with Gasteiger partial charge in [-0.15, -0.1) is 0 Å². The standard InChI is InChI=1S/C30H38N4O5/c1-18-12-22(35)13-19(2)25(18)23(16-34(28(38)39)29(3,4)5)27(37)33-30(6,7)17-32-26(36)21-14-20-10-8-9-11-24(20)31-15-21/h8-15,23,35H,16-17H2,1-7H3,(H,32,36)(H,33,37)(H,38,39). The molecule has 9 heteroatoms. The molecule has 0 fully saturated rings. The zero-order valence-electron chi connectivity index (χ0n) is 23.6. The quantitative estimate of drug-likeness (QED) is 0.330. The summed E-state index contributed by atoms with van der Waals surface area (Å²) in [5.41, 5.74) is 1.61. The molecule has 0 saturated heterocycles. The van der Waals surface area contributed by atoms with Crippen molar-refractivity contribution < 1.29 is 24.6 Å². The van der Waals surface area contributed by atoms with Crippen LogP contribution in [0.1, 0.15) is 67.6 Å². The second kappa shape index (κ2) is 11.3. The van der Waals surface area contributed by atoms with Gasteiger partial charge in [0.1, 0.15) is 5.75 Å². The van der Waals surface area contributed by atoms with Crippen LogP contribution in [0.2, 0.25) is 0 Å². The number of carbonyl (C=O) groups is 3. The van der Waals surface area contributed by atoms with Crippen LogP contribution in [0.4, 0.5) is 4.79 Å². The molecule has 39 heavy (non-hydrogen) atoms. The smallest absolute Gasteiger partial charge is 0.407 e. The number of nitrogens with one attached hydrogen (secondary N) is 2. The number of para-hydroxylation sites is 1. The normalized spacial score (nSPS) is 12.6. The first-order valence-electron chi connectivity index (χ1n) is 12.8. The van der Waals surface area contributed by atoms with Gasteiger partial charge in [0, 0.05) is 30.2 Å². The largest absolute Gasteiger partial charge is 0.508 e. The highest BCUT2D eigenvalue weighted by molar-refractivity contribution is 5.97. The van der Waals surface area contributed by atoms with Crippen LogP contribution in [0, 0.1) is 13.8 Å². The van der Waals surface area contributed by atoms with E-state index < -0.39 is 23.1 Å². The lowest BCUT2D eigenvalue weighted by Crippen LogP contribution is -2.55. The molecule has 2 aromatic carbocycles. The van der Waals surface area contributed by atoms with Gasteiger partial charge in [0.05, 0.1) is 22.5 Å². The fourth-order valence-corrected chi connectivity index (χ4v) is 4.69. The number of rotatable bonds is 8. The Morgan fingerprint density at radius 3 is 2.21 bits per heavy atom. The molecule has 0 aliphatic carbocycles. The van der Waals surface area contributed by atoms with Gasteiger partial charge in [-0.3, -0.25) is 14.6 Å². The van der Waals surface area contributed by atoms with Gasteiger partial charge in [-0.25, -0.2) is 4.79 Å². The first-order valence-corrected chi connectivity index (χ1v) is 12.8. The summed E-state index contributed by atoms with van der Waals surface area (Å²) < 4.78 is 0. The Labute approximate surface area is 229 Å². The summed E-state index contributed by atoms with van der Waals surface area (Å²) >= 11 is 0. The lowest BCUT2D eigenvalue weighted by atomic mass is 9.87. The summed E-state index contributed by atoms with van der Waals surface area (Å²) in [6.07, 6.45) is 0.382. The van der Waals surface area contributed by atoms with Crippen LogP contribution in [0.5, 0.6) is 5.75 Å². The molecule has 208 valence electrons. The molecular formula is C30H38N4O5. The summed E-state index contributed by atoms with van der Waals surface area (Å²) in [5, 5.41) is 26.7. The summed E-state index contributed by atoms with van der Waals surface area (Å²) in [5.74, 6) is -1.47. The topological polar surface area (TPSA) is 132 Å². The van der Waals surface area contributed by atoms with E-state index in [1.807, 2.05) is 24.3 Å². The maximum atomic E-state index is 13.8. The number of phenolic OH excluding ortho intramolecular Hbond substituents is 1. The van der Waals surface area contributed by atoms with Gasteiger partial charge in [0.2, 0.25) is 5.91 Å². The Morgan fingerprint density at radius 2 is 1.62 bits per heavy atom. The maximum Gasteiger partial charge on any atom is 0.407 e. The Balaban J connectivity index is 1.83. The van der Waals surface area contributed by atoms with E-state index in [4.69, 9.17) is 0 Å². The number of pyridine rings is 1. The number of aromatic hydroxyl groups is 1. The number of aryl methyl sites for hydroxylation is 2. The van der Waals surface area contributed by atoms with Crippen LogP contribution in [0.25, 0.3) is 10.9 Å². The van der Waals surface area contributed by atoms with E-state index >= 15 is 0 Å². The summed E-state index contributed by atoms with van der Waals surface area (Å²) in [4.78, 5) is 44.4. The number of hydrogen-bond donors (Lipinski definition) is 4. The lowest BCUT2D eigenvalue weighted by Gasteiger charge is -2.37. The fraction of sp³-hybridized carbons (Fsp3) is 0.400. The van der Waals surface area contributed by atoms with Crippen LogP contribution in [0.15, 0.2) is 48.7 Å². The number of benzene rings is 2. The van der Waals surface area contributed by atoms with E-state index in [9.17, 15) is 24.6 Å². The Morgan fingerprint density at radius 1 is 1.00 bits per heavy atom. The molecule has 0 radical (unpaired) electrons. The van der Waals surface area contributed by atoms with Crippen molar-refractivity contribution in [1.29, 1.82) is 0 Å². The third-order valence-corrected chi connectivity index (χ3v) is 6.65. The second-order valence-corrected chi connectivity index (χ2v) is 11.6. The lowest BCUT2D eigenvalue weighted by molar-refractivity contribution is -0.124. The number of aromatic nitrogens is 1. The van der Waals surface area contributed by atoms with E-state index in [0.717, 1.165) is 10.9 Å². The van der Waals surface area contributed by atoms with Crippen LogP contribution in [0.3, 0.4) is 0 Å². The molecule has 1 aromatic heterocycles. The van der Waals surface area contributed by atoms with Gasteiger partial charge in [-0.1, -0.05) is 18.2 Å². The SMILES string of the molecule is Cc1cc(O)cc(C)c1C(CN(C(=O)O)C(C)(C)C)C(=O)NC(C)(C)CNC(=O)c1cnc2ccccc2c1. The molecule has 0 aliphatic heterocycles. The molecule has 0 aliphatic rings. The highest BCUT2D eigenvalue weighted by atomic mass is 16.4. The Kier molecular flexibility index (Phi) is 8.53. The van der Waals surface area contributed by atoms with E-state index in [1.165, 1.54) is 11.1 Å². The number of nitrogens with zero attached hydrogens (tertiary/aromatic N) is 2. The molecule has 0 saturated carbocycles. The molecule has 1 heterocycles. The molecule has 1 unspecified atom stereocenters. The first-order chi connectivity index (χ1) is 18.1. The average Bonchev–Trinajstić information content (AvgIpc) is 2.82. The molecular weight excluding hydrogens is 496 g/mol. The fourth-order valence-electron chi connectivity index (χ4n) is 4.69.